The minimum atomic E-state index is -2.23. The van der Waals surface area contributed by atoms with Gasteiger partial charge < -0.3 is 173 Å². The molecule has 13 rings (SSSR count). The van der Waals surface area contributed by atoms with E-state index in [1.807, 2.05) is 0 Å². The van der Waals surface area contributed by atoms with Crippen LogP contribution >= 0.6 is 0 Å². The molecular weight excluding hydrogens is 1570 g/mol. The molecule has 4 saturated carbocycles. The van der Waals surface area contributed by atoms with Gasteiger partial charge in [-0.1, -0.05) is 65.3 Å². The number of aliphatic hydroxyl groups excluding tert-OH is 17. The number of benzene rings is 1. The van der Waals surface area contributed by atoms with Crippen molar-refractivity contribution in [3.05, 3.63) is 47.6 Å². The van der Waals surface area contributed by atoms with E-state index in [4.69, 9.17) is 75.8 Å². The van der Waals surface area contributed by atoms with E-state index in [0.717, 1.165) is 17.9 Å². The van der Waals surface area contributed by atoms with Gasteiger partial charge in [0.2, 0.25) is 6.29 Å². The van der Waals surface area contributed by atoms with Crippen molar-refractivity contribution in [2.45, 2.75) is 328 Å². The molecule has 38 heteroatoms. The summed E-state index contributed by atoms with van der Waals surface area (Å²) in [5.41, 5.74) is -3.35. The van der Waals surface area contributed by atoms with Gasteiger partial charge in [0.05, 0.1) is 62.7 Å². The second-order valence-electron chi connectivity index (χ2n) is 36.0. The number of carboxylic acids is 1. The number of carboxylic acid groups (broad SMARTS) is 1. The molecule has 0 bridgehead atoms. The number of aliphatic carboxylic acids is 1. The van der Waals surface area contributed by atoms with Crippen molar-refractivity contribution in [3.63, 3.8) is 0 Å². The highest BCUT2D eigenvalue weighted by Gasteiger charge is 2.72. The zero-order valence-corrected chi connectivity index (χ0v) is 67.1. The maximum Gasteiger partial charge on any atom is 0.335 e. The topological polar surface area (TPSA) is 580 Å². The van der Waals surface area contributed by atoms with Crippen molar-refractivity contribution in [1.29, 1.82) is 0 Å². The van der Waals surface area contributed by atoms with Crippen LogP contribution in [0.4, 0.5) is 0 Å². The fourth-order valence-corrected chi connectivity index (χ4v) is 21.3. The van der Waals surface area contributed by atoms with E-state index in [0.29, 0.717) is 62.7 Å². The van der Waals surface area contributed by atoms with Gasteiger partial charge in [0.1, 0.15) is 140 Å². The Balaban J connectivity index is 0.790. The van der Waals surface area contributed by atoms with Crippen molar-refractivity contribution < 1.29 is 187 Å². The number of aldehydes is 1. The average Bonchev–Trinajstić information content (AvgIpc) is 0.673. The maximum atomic E-state index is 16.2. The Morgan fingerprint density at radius 3 is 1.60 bits per heavy atom. The van der Waals surface area contributed by atoms with E-state index in [2.05, 4.69) is 40.7 Å². The van der Waals surface area contributed by atoms with Gasteiger partial charge in [-0.25, -0.2) is 9.59 Å². The lowest BCUT2D eigenvalue weighted by atomic mass is 9.33. The number of hydrogen-bond donors (Lipinski definition) is 18. The van der Waals surface area contributed by atoms with Gasteiger partial charge in [-0.15, -0.1) is 0 Å². The summed E-state index contributed by atoms with van der Waals surface area (Å²) < 4.78 is 97.5. The van der Waals surface area contributed by atoms with Crippen LogP contribution in [0.5, 0.6) is 5.75 Å². The fraction of sp³-hybridized carbons (Fsp3) is 0.825. The summed E-state index contributed by atoms with van der Waals surface area (Å²) in [4.78, 5) is 57.6. The number of allylic oxidation sites excluding steroid dienone is 2. The molecule has 7 aliphatic heterocycles. The Bertz CT molecular complexity index is 3700. The van der Waals surface area contributed by atoms with Gasteiger partial charge in [0.15, 0.2) is 56.1 Å². The van der Waals surface area contributed by atoms with Gasteiger partial charge in [-0.2, -0.15) is 0 Å². The lowest BCUT2D eigenvalue weighted by molar-refractivity contribution is -0.394. The maximum absolute atomic E-state index is 16.2. The summed E-state index contributed by atoms with van der Waals surface area (Å²) in [6, 6.07) is 6.70. The van der Waals surface area contributed by atoms with Gasteiger partial charge in [0, 0.05) is 6.08 Å². The molecule has 12 aliphatic rings. The number of carbonyl (C=O) groups excluding carboxylic acids is 3. The number of ether oxygens (including phenoxy) is 16. The van der Waals surface area contributed by atoms with Crippen LogP contribution < -0.4 is 4.74 Å². The number of rotatable bonds is 22. The van der Waals surface area contributed by atoms with Crippen molar-refractivity contribution in [3.8, 4) is 5.75 Å². The predicted octanol–water partition coefficient (Wildman–Crippen LogP) is -3.69. The van der Waals surface area contributed by atoms with Gasteiger partial charge in [0.25, 0.3) is 0 Å². The Morgan fingerprint density at radius 1 is 0.500 bits per heavy atom. The summed E-state index contributed by atoms with van der Waals surface area (Å²) in [6.45, 7) is 12.5. The molecule has 0 radical (unpaired) electrons. The minimum absolute atomic E-state index is 0.113. The molecule has 1 aromatic rings. The normalized spacial score (nSPS) is 50.3. The van der Waals surface area contributed by atoms with E-state index in [-0.39, 0.29) is 24.2 Å². The predicted molar refractivity (Wildman–Crippen MR) is 393 cm³/mol. The third kappa shape index (κ3) is 16.5. The standard InChI is InChI=1S/C80H118O38/c1-32-59(111-45(86)17-12-34-10-13-35(103-9)14-11-34)56(97)64(116-71-58(99)62(114-69-54(95)50(91)48(89)40(27-81)108-69)60(33(2)106-71)112-67-52(93)46(87)38(84)29-104-67)72(107-32)118-74(102)80-24-22-75(3,4)26-37(80)36-15-16-43-76(5)20-19-44(77(6,31-83)42(76)18-21-79(43,8)78(36,7)23-25-80)110-73-65(117-70-55(96)51(92)49(90)41(28-82)109-70)61(57(98)63(115-73)66(100)101)113-68-53(94)47(88)39(85)30-105-68/h10-15,17,31-33,37-44,46-65,67-73,81-82,84-85,87-99H,16,18-30H2,1-9H3,(H,100,101)/b17-12+/t32-,33+,37+,38-,39+,40-,41-,42-,43-,44+,46+,47+,48-,49+,50+,51+,52-,53-,54-,55-,56+,57+,58-,59+,60+,61+,62+,63+,64-,65-,67+,68+,69+,70+,71+,72+,73-,76+,77+,78-,79-,80+/m1/s1. The highest BCUT2D eigenvalue weighted by Crippen LogP contribution is 2.76. The SMILES string of the molecule is COc1ccc(/C=C/C(=O)O[C@@H]2[C@H](O)[C@@H](O[C@@H]3O[C@@H](C)[C@H](O[C@@H]4OC[C@@H](O)[C@H](O)[C@H]4O)[C@@H](O[C@@H]4O[C@H](CO)[C@@H](O)[C@H](O)[C@H]4O)[C@H]3O)[C@H](OC(=O)[C@]34CCC(C)(C)C[C@H]3C3=CC[C@@H]5[C@@]6(C)CC[C@H](O[C@@H]7O[C@H](C(=O)O)[C@@H](O)[C@H](O[C@@H]8OC[C@H](O)[C@H](O)[C@H]8O)[C@H]7O[C@@H]7O[C@H](CO)[C@H](O)[C@H](O)[C@H]7O)[C@@](C)(C=O)[C@@H]6CC[C@@]5(C)[C@]3(C)CC4)O[C@@H]2C)cc1. The summed E-state index contributed by atoms with van der Waals surface area (Å²) in [5.74, 6) is -4.00. The van der Waals surface area contributed by atoms with Gasteiger partial charge >= 0.3 is 17.9 Å². The lowest BCUT2D eigenvalue weighted by Gasteiger charge is -2.71. The lowest BCUT2D eigenvalue weighted by Crippen LogP contribution is -2.69. The third-order valence-electron chi connectivity index (χ3n) is 28.6. The Labute approximate surface area is 680 Å². The number of carbonyl (C=O) groups is 4. The van der Waals surface area contributed by atoms with E-state index in [1.165, 1.54) is 27.0 Å². The molecule has 0 aromatic heterocycles. The first-order valence-corrected chi connectivity index (χ1v) is 40.6. The van der Waals surface area contributed by atoms with Crippen molar-refractivity contribution in [2.75, 3.05) is 33.5 Å². The Hall–Kier alpha value is -4.62. The molecule has 0 unspecified atom stereocenters. The van der Waals surface area contributed by atoms with Crippen molar-refractivity contribution in [2.24, 2.45) is 50.2 Å². The quantitative estimate of drug-likeness (QED) is 0.0175. The molecule has 18 N–H and O–H groups in total. The molecule has 7 saturated heterocycles. The zero-order chi connectivity index (χ0) is 85.7. The Kier molecular flexibility index (Phi) is 27.3. The number of hydrogen-bond acceptors (Lipinski definition) is 37. The van der Waals surface area contributed by atoms with E-state index in [9.17, 15) is 106 Å². The van der Waals surface area contributed by atoms with Gasteiger partial charge in [-0.05, 0) is 141 Å². The zero-order valence-electron chi connectivity index (χ0n) is 67.1. The molecule has 42 atom stereocenters. The van der Waals surface area contributed by atoms with Crippen LogP contribution in [0.25, 0.3) is 6.08 Å². The van der Waals surface area contributed by atoms with E-state index >= 15 is 4.79 Å². The molecule has 666 valence electrons. The molecule has 7 heterocycles. The summed E-state index contributed by atoms with van der Waals surface area (Å²) in [7, 11) is 1.49. The third-order valence-corrected chi connectivity index (χ3v) is 28.6. The van der Waals surface area contributed by atoms with Crippen LogP contribution in [0.1, 0.15) is 125 Å². The van der Waals surface area contributed by atoms with Crippen LogP contribution in [0.3, 0.4) is 0 Å². The smallest absolute Gasteiger partial charge is 0.335 e. The molecule has 5 aliphatic carbocycles. The molecule has 0 spiro atoms. The van der Waals surface area contributed by atoms with E-state index < -0.39 is 292 Å². The van der Waals surface area contributed by atoms with Crippen LogP contribution in [-0.4, -0.2) is 358 Å². The molecule has 38 nitrogen and oxygen atoms in total. The molecular formula is C80H118O38. The average molecular weight is 1690 g/mol. The number of esters is 2. The first kappa shape index (κ1) is 91.1. The number of aliphatic hydroxyl groups is 17. The second kappa shape index (κ2) is 35.4. The number of methoxy groups -OCH3 is 1. The van der Waals surface area contributed by atoms with Gasteiger partial charge in [-0.3, -0.25) is 4.79 Å². The van der Waals surface area contributed by atoms with Crippen LogP contribution in [-0.2, 0) is 90.2 Å². The molecule has 118 heavy (non-hydrogen) atoms. The summed E-state index contributed by atoms with van der Waals surface area (Å²) >= 11 is 0. The van der Waals surface area contributed by atoms with Crippen LogP contribution in [0.2, 0.25) is 0 Å². The highest BCUT2D eigenvalue weighted by molar-refractivity contribution is 5.87. The second-order valence-corrected chi connectivity index (χ2v) is 36.0. The van der Waals surface area contributed by atoms with Crippen LogP contribution in [0.15, 0.2) is 42.0 Å². The number of fused-ring (bicyclic) bond motifs is 7. The molecule has 1 aromatic carbocycles. The summed E-state index contributed by atoms with van der Waals surface area (Å²) in [6.07, 6.45) is -52.9. The van der Waals surface area contributed by atoms with Crippen molar-refractivity contribution in [1.82, 2.24) is 0 Å². The van der Waals surface area contributed by atoms with E-state index in [1.54, 1.807) is 31.2 Å². The monoisotopic (exact) mass is 1690 g/mol. The fourth-order valence-electron chi connectivity index (χ4n) is 21.3. The van der Waals surface area contributed by atoms with Crippen molar-refractivity contribution >= 4 is 30.3 Å². The molecule has 11 fully saturated rings. The first-order valence-electron chi connectivity index (χ1n) is 40.6. The summed E-state index contributed by atoms with van der Waals surface area (Å²) in [5, 5.41) is 198. The Morgan fingerprint density at radius 2 is 1.03 bits per heavy atom. The largest absolute Gasteiger partial charge is 0.497 e. The highest BCUT2D eigenvalue weighted by atomic mass is 16.8. The molecule has 0 amide bonds. The minimum Gasteiger partial charge on any atom is -0.497 e. The first-order chi connectivity index (χ1) is 55.6. The van der Waals surface area contributed by atoms with Crippen LogP contribution in [0, 0.1) is 50.2 Å².